The molecule has 34 heavy (non-hydrogen) atoms. The minimum absolute atomic E-state index is 0.0807. The van der Waals surface area contributed by atoms with Gasteiger partial charge in [0.2, 0.25) is 0 Å². The summed E-state index contributed by atoms with van der Waals surface area (Å²) in [6.45, 7) is 1.52. The number of hydrogen-bond donors (Lipinski definition) is 0. The molecule has 182 valence electrons. The van der Waals surface area contributed by atoms with E-state index < -0.39 is 21.1 Å². The van der Waals surface area contributed by atoms with Gasteiger partial charge in [-0.2, -0.15) is 5.10 Å². The van der Waals surface area contributed by atoms with Crippen LogP contribution in [0.5, 0.6) is 0 Å². The first-order chi connectivity index (χ1) is 16.2. The summed E-state index contributed by atoms with van der Waals surface area (Å²) in [5.41, 5.74) is 1.85. The third-order valence-electron chi connectivity index (χ3n) is 6.34. The molecule has 3 aromatic rings. The fraction of sp³-hybridized carbons (Fsp3) is 0.458. The number of sulfone groups is 1. The third-order valence-corrected chi connectivity index (χ3v) is 7.48. The van der Waals surface area contributed by atoms with Crippen molar-refractivity contribution >= 4 is 15.7 Å². The normalized spacial score (nSPS) is 15.9. The van der Waals surface area contributed by atoms with Crippen molar-refractivity contribution in [3.05, 3.63) is 66.1 Å². The standard InChI is InChI=1S/C24H30FN5O3S/c1-29(16-19-4-6-20(7-5-19)30-13-3-12-28-30)23-22(25)21(26-18-27-23)8-9-24(17-34(2,31)32)10-14-33-15-11-24/h3-7,12-13,18H,8-11,14-17H2,1-2H3. The van der Waals surface area contributed by atoms with Gasteiger partial charge in [0.05, 0.1) is 17.1 Å². The highest BCUT2D eigenvalue weighted by Crippen LogP contribution is 2.37. The molecule has 0 N–H and O–H groups in total. The predicted molar refractivity (Wildman–Crippen MR) is 128 cm³/mol. The van der Waals surface area contributed by atoms with Crippen molar-refractivity contribution in [3.63, 3.8) is 0 Å². The second kappa shape index (κ2) is 10.2. The van der Waals surface area contributed by atoms with E-state index in [0.29, 0.717) is 51.1 Å². The molecule has 10 heteroatoms. The van der Waals surface area contributed by atoms with Crippen LogP contribution in [0.3, 0.4) is 0 Å². The Bertz CT molecular complexity index is 1190. The Morgan fingerprint density at radius 2 is 1.91 bits per heavy atom. The maximum atomic E-state index is 15.4. The molecular formula is C24H30FN5O3S. The van der Waals surface area contributed by atoms with Gasteiger partial charge in [0.25, 0.3) is 0 Å². The Morgan fingerprint density at radius 3 is 2.56 bits per heavy atom. The lowest BCUT2D eigenvalue weighted by Crippen LogP contribution is -2.36. The van der Waals surface area contributed by atoms with E-state index in [2.05, 4.69) is 15.1 Å². The Hall–Kier alpha value is -2.85. The Morgan fingerprint density at radius 1 is 1.18 bits per heavy atom. The first-order valence-electron chi connectivity index (χ1n) is 11.3. The molecule has 0 aliphatic carbocycles. The molecule has 1 saturated heterocycles. The first-order valence-corrected chi connectivity index (χ1v) is 13.4. The molecule has 8 nitrogen and oxygen atoms in total. The van der Waals surface area contributed by atoms with Crippen LogP contribution in [0.1, 0.15) is 30.5 Å². The van der Waals surface area contributed by atoms with Crippen molar-refractivity contribution < 1.29 is 17.5 Å². The number of hydrogen-bond acceptors (Lipinski definition) is 7. The lowest BCUT2D eigenvalue weighted by atomic mass is 9.78. The minimum Gasteiger partial charge on any atom is -0.381 e. The van der Waals surface area contributed by atoms with Gasteiger partial charge < -0.3 is 9.64 Å². The number of aryl methyl sites for hydroxylation is 1. The van der Waals surface area contributed by atoms with Gasteiger partial charge in [-0.25, -0.2) is 27.5 Å². The van der Waals surface area contributed by atoms with E-state index >= 15 is 4.39 Å². The summed E-state index contributed by atoms with van der Waals surface area (Å²) in [7, 11) is -1.37. The van der Waals surface area contributed by atoms with E-state index in [9.17, 15) is 8.42 Å². The van der Waals surface area contributed by atoms with E-state index in [0.717, 1.165) is 11.3 Å². The second-order valence-electron chi connectivity index (χ2n) is 9.11. The number of ether oxygens (including phenoxy) is 1. The topological polar surface area (TPSA) is 90.2 Å². The first kappa shape index (κ1) is 24.3. The zero-order valence-corrected chi connectivity index (χ0v) is 20.3. The zero-order chi connectivity index (χ0) is 24.2. The van der Waals surface area contributed by atoms with Crippen LogP contribution >= 0.6 is 0 Å². The fourth-order valence-corrected chi connectivity index (χ4v) is 6.12. The summed E-state index contributed by atoms with van der Waals surface area (Å²) in [6, 6.07) is 9.75. The van der Waals surface area contributed by atoms with Crippen molar-refractivity contribution in [2.45, 2.75) is 32.2 Å². The molecule has 4 rings (SSSR count). The summed E-state index contributed by atoms with van der Waals surface area (Å²) in [4.78, 5) is 10.1. The Labute approximate surface area is 199 Å². The summed E-state index contributed by atoms with van der Waals surface area (Å²) in [6.07, 6.45) is 8.41. The number of anilines is 1. The number of halogens is 1. The zero-order valence-electron chi connectivity index (χ0n) is 19.5. The highest BCUT2D eigenvalue weighted by Gasteiger charge is 2.36. The van der Waals surface area contributed by atoms with Gasteiger partial charge in [0.15, 0.2) is 11.6 Å². The average Bonchev–Trinajstić information content (AvgIpc) is 3.33. The SMILES string of the molecule is CN(Cc1ccc(-n2cccn2)cc1)c1ncnc(CCC2(CS(C)(=O)=O)CCOCC2)c1F. The molecule has 0 unspecified atom stereocenters. The van der Waals surface area contributed by atoms with Gasteiger partial charge >= 0.3 is 0 Å². The van der Waals surface area contributed by atoms with Crippen LogP contribution in [0, 0.1) is 11.2 Å². The monoisotopic (exact) mass is 487 g/mol. The molecule has 0 spiro atoms. The second-order valence-corrected chi connectivity index (χ2v) is 11.3. The van der Waals surface area contributed by atoms with Crippen LogP contribution in [0.25, 0.3) is 5.69 Å². The number of rotatable bonds is 9. The molecule has 1 aliphatic rings. The van der Waals surface area contributed by atoms with Gasteiger partial charge in [-0.1, -0.05) is 12.1 Å². The van der Waals surface area contributed by atoms with Crippen LogP contribution in [-0.2, 0) is 27.5 Å². The minimum atomic E-state index is -3.17. The molecule has 2 aromatic heterocycles. The van der Waals surface area contributed by atoms with Gasteiger partial charge in [-0.05, 0) is 54.9 Å². The predicted octanol–water partition coefficient (Wildman–Crippen LogP) is 3.21. The number of aromatic nitrogens is 4. The van der Waals surface area contributed by atoms with Crippen molar-refractivity contribution in [2.24, 2.45) is 5.41 Å². The lowest BCUT2D eigenvalue weighted by Gasteiger charge is -2.36. The van der Waals surface area contributed by atoms with Crippen LogP contribution in [-0.4, -0.2) is 60.4 Å². The van der Waals surface area contributed by atoms with Crippen LogP contribution < -0.4 is 4.90 Å². The van der Waals surface area contributed by atoms with Crippen LogP contribution in [0.15, 0.2) is 49.1 Å². The molecule has 0 saturated carbocycles. The maximum absolute atomic E-state index is 15.4. The highest BCUT2D eigenvalue weighted by atomic mass is 32.2. The van der Waals surface area contributed by atoms with Gasteiger partial charge in [-0.15, -0.1) is 0 Å². The largest absolute Gasteiger partial charge is 0.381 e. The van der Waals surface area contributed by atoms with E-state index in [1.54, 1.807) is 22.8 Å². The van der Waals surface area contributed by atoms with E-state index in [1.165, 1.54) is 12.6 Å². The molecule has 1 aliphatic heterocycles. The van der Waals surface area contributed by atoms with E-state index in [-0.39, 0.29) is 11.6 Å². The molecule has 0 atom stereocenters. The Balaban J connectivity index is 1.45. The van der Waals surface area contributed by atoms with E-state index in [4.69, 9.17) is 4.74 Å². The summed E-state index contributed by atoms with van der Waals surface area (Å²) in [5.74, 6) is -0.151. The van der Waals surface area contributed by atoms with Gasteiger partial charge in [0, 0.05) is 45.5 Å². The molecule has 0 amide bonds. The average molecular weight is 488 g/mol. The van der Waals surface area contributed by atoms with Gasteiger partial charge in [0.1, 0.15) is 16.2 Å². The third kappa shape index (κ3) is 5.98. The Kier molecular flexibility index (Phi) is 7.27. The fourth-order valence-electron chi connectivity index (χ4n) is 4.57. The molecule has 0 radical (unpaired) electrons. The lowest BCUT2D eigenvalue weighted by molar-refractivity contribution is 0.0214. The van der Waals surface area contributed by atoms with Crippen LogP contribution in [0.2, 0.25) is 0 Å². The molecular weight excluding hydrogens is 457 g/mol. The maximum Gasteiger partial charge on any atom is 0.187 e. The smallest absolute Gasteiger partial charge is 0.187 e. The number of benzene rings is 1. The number of nitrogens with zero attached hydrogens (tertiary/aromatic N) is 5. The van der Waals surface area contributed by atoms with Crippen molar-refractivity contribution in [3.8, 4) is 5.69 Å². The highest BCUT2D eigenvalue weighted by molar-refractivity contribution is 7.90. The summed E-state index contributed by atoms with van der Waals surface area (Å²) < 4.78 is 46.7. The van der Waals surface area contributed by atoms with Crippen molar-refractivity contribution in [1.82, 2.24) is 19.7 Å². The van der Waals surface area contributed by atoms with Crippen molar-refractivity contribution in [1.29, 1.82) is 0 Å². The van der Waals surface area contributed by atoms with Crippen molar-refractivity contribution in [2.75, 3.05) is 37.2 Å². The molecule has 3 heterocycles. The molecule has 1 aromatic carbocycles. The molecule has 0 bridgehead atoms. The van der Waals surface area contributed by atoms with Crippen LogP contribution in [0.4, 0.5) is 10.2 Å². The van der Waals surface area contributed by atoms with Gasteiger partial charge in [-0.3, -0.25) is 0 Å². The quantitative estimate of drug-likeness (QED) is 0.458. The summed E-state index contributed by atoms with van der Waals surface area (Å²) in [5, 5.41) is 4.22. The summed E-state index contributed by atoms with van der Waals surface area (Å²) >= 11 is 0. The van der Waals surface area contributed by atoms with E-state index in [1.807, 2.05) is 36.5 Å². The molecule has 1 fully saturated rings.